The molecule has 3 aromatic rings. The molecule has 0 bridgehead atoms. The van der Waals surface area contributed by atoms with Gasteiger partial charge in [0, 0.05) is 43.8 Å². The number of nitrogens with zero attached hydrogens (tertiary/aromatic N) is 6. The molecule has 0 atom stereocenters. The van der Waals surface area contributed by atoms with E-state index in [-0.39, 0.29) is 6.09 Å². The van der Waals surface area contributed by atoms with Gasteiger partial charge < -0.3 is 19.9 Å². The maximum Gasteiger partial charge on any atom is 0.410 e. The average molecular weight is 492 g/mol. The summed E-state index contributed by atoms with van der Waals surface area (Å²) in [7, 11) is 0. The van der Waals surface area contributed by atoms with Crippen LogP contribution < -0.4 is 10.2 Å². The standard InChI is InChI=1S/C27H37N7O2/c1-27(2,3)36-26(35)33-16-14-32(15-17-33)22-12-10-21(11-13-22)30-25-28-18-20-19-29-34(24(20)31-25)23-8-6-4-5-7-9-23/h10-13,18-19,23H,4-9,14-17H2,1-3H3,(H,28,30,31). The monoisotopic (exact) mass is 491 g/mol. The van der Waals surface area contributed by atoms with Gasteiger partial charge in [0.15, 0.2) is 5.65 Å². The van der Waals surface area contributed by atoms with Gasteiger partial charge in [0.2, 0.25) is 5.95 Å². The highest BCUT2D eigenvalue weighted by atomic mass is 16.6. The summed E-state index contributed by atoms with van der Waals surface area (Å²) in [5, 5.41) is 8.98. The van der Waals surface area contributed by atoms with Crippen molar-refractivity contribution in [2.45, 2.75) is 70.9 Å². The molecule has 2 aromatic heterocycles. The van der Waals surface area contributed by atoms with E-state index in [1.807, 2.05) is 45.3 Å². The minimum Gasteiger partial charge on any atom is -0.444 e. The molecule has 192 valence electrons. The molecule has 1 amide bonds. The fourth-order valence-corrected chi connectivity index (χ4v) is 5.02. The summed E-state index contributed by atoms with van der Waals surface area (Å²) in [4.78, 5) is 25.7. The number of nitrogens with one attached hydrogen (secondary N) is 1. The van der Waals surface area contributed by atoms with Crippen molar-refractivity contribution in [1.82, 2.24) is 24.6 Å². The third-order valence-corrected chi connectivity index (χ3v) is 6.92. The van der Waals surface area contributed by atoms with E-state index in [1.54, 1.807) is 4.90 Å². The van der Waals surface area contributed by atoms with E-state index < -0.39 is 5.60 Å². The van der Waals surface area contributed by atoms with E-state index in [1.165, 1.54) is 25.7 Å². The minimum absolute atomic E-state index is 0.237. The van der Waals surface area contributed by atoms with Crippen LogP contribution in [0.1, 0.15) is 65.3 Å². The smallest absolute Gasteiger partial charge is 0.410 e. The summed E-state index contributed by atoms with van der Waals surface area (Å²) >= 11 is 0. The van der Waals surface area contributed by atoms with Crippen molar-refractivity contribution in [1.29, 1.82) is 0 Å². The van der Waals surface area contributed by atoms with Crippen LogP contribution in [0, 0.1) is 0 Å². The van der Waals surface area contributed by atoms with Crippen LogP contribution in [-0.4, -0.2) is 62.5 Å². The van der Waals surface area contributed by atoms with Crippen molar-refractivity contribution >= 4 is 34.4 Å². The Morgan fingerprint density at radius 3 is 2.33 bits per heavy atom. The van der Waals surface area contributed by atoms with E-state index in [9.17, 15) is 4.79 Å². The van der Waals surface area contributed by atoms with Gasteiger partial charge in [0.25, 0.3) is 0 Å². The highest BCUT2D eigenvalue weighted by Crippen LogP contribution is 2.29. The van der Waals surface area contributed by atoms with Crippen molar-refractivity contribution < 1.29 is 9.53 Å². The number of carbonyl (C=O) groups is 1. The Morgan fingerprint density at radius 1 is 0.972 bits per heavy atom. The van der Waals surface area contributed by atoms with Crippen LogP contribution in [0.3, 0.4) is 0 Å². The Balaban J connectivity index is 1.21. The lowest BCUT2D eigenvalue weighted by molar-refractivity contribution is 0.0240. The number of piperazine rings is 1. The largest absolute Gasteiger partial charge is 0.444 e. The van der Waals surface area contributed by atoms with E-state index in [0.29, 0.717) is 25.1 Å². The second-order valence-corrected chi connectivity index (χ2v) is 10.8. The molecule has 9 heteroatoms. The molecule has 36 heavy (non-hydrogen) atoms. The summed E-state index contributed by atoms with van der Waals surface area (Å²) in [6.07, 6.45) is 11.0. The highest BCUT2D eigenvalue weighted by molar-refractivity contribution is 5.75. The first-order chi connectivity index (χ1) is 17.4. The van der Waals surface area contributed by atoms with Gasteiger partial charge in [-0.05, 0) is 57.9 Å². The number of amides is 1. The van der Waals surface area contributed by atoms with Crippen molar-refractivity contribution in [2.24, 2.45) is 0 Å². The fourth-order valence-electron chi connectivity index (χ4n) is 5.02. The Labute approximate surface area is 212 Å². The Kier molecular flexibility index (Phi) is 6.98. The van der Waals surface area contributed by atoms with Gasteiger partial charge in [-0.1, -0.05) is 25.7 Å². The Hall–Kier alpha value is -3.36. The number of benzene rings is 1. The van der Waals surface area contributed by atoms with Gasteiger partial charge in [-0.3, -0.25) is 0 Å². The number of rotatable bonds is 4. The lowest BCUT2D eigenvalue weighted by atomic mass is 10.1. The lowest BCUT2D eigenvalue weighted by Gasteiger charge is -2.36. The van der Waals surface area contributed by atoms with Crippen LogP contribution in [0.4, 0.5) is 22.1 Å². The predicted octanol–water partition coefficient (Wildman–Crippen LogP) is 5.52. The summed E-state index contributed by atoms with van der Waals surface area (Å²) in [5.41, 5.74) is 2.50. The molecule has 0 radical (unpaired) electrons. The molecule has 1 N–H and O–H groups in total. The van der Waals surface area contributed by atoms with Crippen molar-refractivity contribution in [3.8, 4) is 0 Å². The van der Waals surface area contributed by atoms with E-state index in [2.05, 4.69) is 37.1 Å². The predicted molar refractivity (Wildman–Crippen MR) is 142 cm³/mol. The first-order valence-corrected chi connectivity index (χ1v) is 13.2. The molecule has 0 spiro atoms. The number of anilines is 3. The number of aromatic nitrogens is 4. The SMILES string of the molecule is CC(C)(C)OC(=O)N1CCN(c2ccc(Nc3ncc4cnn(C5CCCCCC5)c4n3)cc2)CC1. The molecule has 9 nitrogen and oxygen atoms in total. The number of carbonyl (C=O) groups excluding carboxylic acids is 1. The zero-order chi connectivity index (χ0) is 25.1. The summed E-state index contributed by atoms with van der Waals surface area (Å²) in [6, 6.07) is 8.71. The zero-order valence-corrected chi connectivity index (χ0v) is 21.6. The van der Waals surface area contributed by atoms with Gasteiger partial charge in [-0.25, -0.2) is 14.5 Å². The van der Waals surface area contributed by atoms with Crippen LogP contribution in [0.25, 0.3) is 11.0 Å². The first-order valence-electron chi connectivity index (χ1n) is 13.2. The van der Waals surface area contributed by atoms with Gasteiger partial charge in [-0.15, -0.1) is 0 Å². The third-order valence-electron chi connectivity index (χ3n) is 6.92. The molecular weight excluding hydrogens is 454 g/mol. The minimum atomic E-state index is -0.472. The molecule has 5 rings (SSSR count). The molecule has 2 fully saturated rings. The molecule has 1 aromatic carbocycles. The lowest BCUT2D eigenvalue weighted by Crippen LogP contribution is -2.50. The van der Waals surface area contributed by atoms with E-state index in [0.717, 1.165) is 48.3 Å². The second kappa shape index (κ2) is 10.3. The Morgan fingerprint density at radius 2 is 1.67 bits per heavy atom. The van der Waals surface area contributed by atoms with E-state index in [4.69, 9.17) is 9.72 Å². The molecule has 1 aliphatic carbocycles. The molecular formula is C27H37N7O2. The number of hydrogen-bond acceptors (Lipinski definition) is 7. The van der Waals surface area contributed by atoms with Gasteiger partial charge in [0.1, 0.15) is 5.60 Å². The third kappa shape index (κ3) is 5.71. The number of hydrogen-bond donors (Lipinski definition) is 1. The van der Waals surface area contributed by atoms with E-state index >= 15 is 0 Å². The average Bonchev–Trinajstić information content (AvgIpc) is 3.08. The molecule has 1 aliphatic heterocycles. The number of fused-ring (bicyclic) bond motifs is 1. The summed E-state index contributed by atoms with van der Waals surface area (Å²) < 4.78 is 7.61. The molecule has 1 saturated carbocycles. The zero-order valence-electron chi connectivity index (χ0n) is 21.6. The molecule has 0 unspecified atom stereocenters. The van der Waals surface area contributed by atoms with Gasteiger partial charge in [-0.2, -0.15) is 10.1 Å². The summed E-state index contributed by atoms with van der Waals surface area (Å²) in [5.74, 6) is 0.580. The quantitative estimate of drug-likeness (QED) is 0.481. The molecule has 1 saturated heterocycles. The fraction of sp³-hybridized carbons (Fsp3) is 0.556. The van der Waals surface area contributed by atoms with Gasteiger partial charge >= 0.3 is 6.09 Å². The maximum absolute atomic E-state index is 12.3. The second-order valence-electron chi connectivity index (χ2n) is 10.8. The van der Waals surface area contributed by atoms with Crippen LogP contribution in [0.2, 0.25) is 0 Å². The van der Waals surface area contributed by atoms with Gasteiger partial charge in [0.05, 0.1) is 17.6 Å². The molecule has 2 aliphatic rings. The Bertz CT molecular complexity index is 1170. The van der Waals surface area contributed by atoms with Crippen molar-refractivity contribution in [3.63, 3.8) is 0 Å². The summed E-state index contributed by atoms with van der Waals surface area (Å²) in [6.45, 7) is 8.54. The van der Waals surface area contributed by atoms with Crippen LogP contribution >= 0.6 is 0 Å². The molecule has 3 heterocycles. The van der Waals surface area contributed by atoms with Crippen molar-refractivity contribution in [3.05, 3.63) is 36.7 Å². The normalized spacial score (nSPS) is 17.8. The topological polar surface area (TPSA) is 88.4 Å². The van der Waals surface area contributed by atoms with Crippen LogP contribution in [0.5, 0.6) is 0 Å². The number of ether oxygens (including phenoxy) is 1. The van der Waals surface area contributed by atoms with Crippen molar-refractivity contribution in [2.75, 3.05) is 36.4 Å². The highest BCUT2D eigenvalue weighted by Gasteiger charge is 2.26. The van der Waals surface area contributed by atoms with Crippen LogP contribution in [0.15, 0.2) is 36.7 Å². The maximum atomic E-state index is 12.3. The first kappa shape index (κ1) is 24.3. The van der Waals surface area contributed by atoms with Crippen LogP contribution in [-0.2, 0) is 4.74 Å².